The largest absolute Gasteiger partial charge is 0.573 e. The molecule has 1 amide bonds. The first-order valence-electron chi connectivity index (χ1n) is 8.98. The van der Waals surface area contributed by atoms with Crippen molar-refractivity contribution < 1.29 is 32.5 Å². The lowest BCUT2D eigenvalue weighted by Gasteiger charge is -2.36. The second-order valence-electron chi connectivity index (χ2n) is 7.36. The van der Waals surface area contributed by atoms with E-state index in [1.807, 2.05) is 6.92 Å². The van der Waals surface area contributed by atoms with Gasteiger partial charge < -0.3 is 19.6 Å². The van der Waals surface area contributed by atoms with Gasteiger partial charge in [0.25, 0.3) is 0 Å². The predicted octanol–water partition coefficient (Wildman–Crippen LogP) is 4.25. The van der Waals surface area contributed by atoms with E-state index >= 15 is 0 Å². The maximum Gasteiger partial charge on any atom is 0.573 e. The molecule has 154 valence electrons. The quantitative estimate of drug-likeness (QED) is 0.787. The van der Waals surface area contributed by atoms with Gasteiger partial charge >= 0.3 is 12.5 Å². The number of aryl methyl sites for hydroxylation is 1. The molecule has 2 heterocycles. The van der Waals surface area contributed by atoms with E-state index in [-0.39, 0.29) is 12.3 Å². The van der Waals surface area contributed by atoms with E-state index < -0.39 is 23.8 Å². The normalized spacial score (nSPS) is 25.4. The van der Waals surface area contributed by atoms with Gasteiger partial charge in [-0.15, -0.1) is 13.2 Å². The molecule has 0 unspecified atom stereocenters. The molecule has 2 N–H and O–H groups in total. The second-order valence-corrected chi connectivity index (χ2v) is 7.36. The summed E-state index contributed by atoms with van der Waals surface area (Å²) in [6.07, 6.45) is -4.63. The molecule has 3 rings (SSSR count). The summed E-state index contributed by atoms with van der Waals surface area (Å²) < 4.78 is 46.9. The van der Waals surface area contributed by atoms with Gasteiger partial charge in [0.2, 0.25) is 0 Å². The zero-order chi connectivity index (χ0) is 20.9. The second kappa shape index (κ2) is 6.58. The first-order valence-corrected chi connectivity index (χ1v) is 8.98. The Bertz CT molecular complexity index is 906. The van der Waals surface area contributed by atoms with Crippen LogP contribution in [0.25, 0.3) is 10.9 Å². The van der Waals surface area contributed by atoms with Crippen molar-refractivity contribution in [3.63, 3.8) is 0 Å². The number of hydrogen-bond donors (Lipinski definition) is 2. The molecule has 2 atom stereocenters. The SMILES string of the molecule is CC[C@@]1(C)OC(=O)N(CCc2c(C)[nH]c3ccc(OC(F)(F)F)cc23)[C@@]1(C)O. The van der Waals surface area contributed by atoms with Crippen molar-refractivity contribution >= 4 is 17.0 Å². The Labute approximate surface area is 160 Å². The first kappa shape index (κ1) is 20.3. The number of carbonyl (C=O) groups is 1. The minimum absolute atomic E-state index is 0.152. The molecule has 0 aliphatic carbocycles. The standard InChI is InChI=1S/C19H23F3N2O4/c1-5-17(3)18(4,26)24(16(25)28-17)9-8-13-11(2)23-15-7-6-12(10-14(13)15)27-19(20,21)22/h6-7,10,23,26H,5,8-9H2,1-4H3/t17-,18+/m1/s1. The molecule has 1 saturated heterocycles. The van der Waals surface area contributed by atoms with Gasteiger partial charge in [0.1, 0.15) is 5.75 Å². The minimum Gasteiger partial charge on any atom is -0.438 e. The molecule has 0 spiro atoms. The maximum absolute atomic E-state index is 12.5. The Morgan fingerprint density at radius 2 is 2.00 bits per heavy atom. The van der Waals surface area contributed by atoms with E-state index in [9.17, 15) is 23.1 Å². The van der Waals surface area contributed by atoms with Crippen LogP contribution in [-0.2, 0) is 11.2 Å². The summed E-state index contributed by atoms with van der Waals surface area (Å²) in [6.45, 7) is 6.97. The molecular formula is C19H23F3N2O4. The number of ether oxygens (including phenoxy) is 2. The molecule has 28 heavy (non-hydrogen) atoms. The number of hydrogen-bond acceptors (Lipinski definition) is 4. The summed E-state index contributed by atoms with van der Waals surface area (Å²) in [5.74, 6) is -0.314. The van der Waals surface area contributed by atoms with E-state index in [4.69, 9.17) is 4.74 Å². The third kappa shape index (κ3) is 3.39. The zero-order valence-electron chi connectivity index (χ0n) is 16.1. The van der Waals surface area contributed by atoms with Gasteiger partial charge in [0.05, 0.1) is 0 Å². The zero-order valence-corrected chi connectivity index (χ0v) is 16.1. The number of H-pyrrole nitrogens is 1. The third-order valence-corrected chi connectivity index (χ3v) is 5.65. The molecule has 1 aromatic heterocycles. The minimum atomic E-state index is -4.78. The van der Waals surface area contributed by atoms with E-state index in [1.165, 1.54) is 30.0 Å². The fourth-order valence-electron chi connectivity index (χ4n) is 3.63. The summed E-state index contributed by atoms with van der Waals surface area (Å²) >= 11 is 0. The lowest BCUT2D eigenvalue weighted by molar-refractivity contribution is -0.274. The van der Waals surface area contributed by atoms with Crippen molar-refractivity contribution in [1.29, 1.82) is 0 Å². The molecular weight excluding hydrogens is 377 g/mol. The van der Waals surface area contributed by atoms with Gasteiger partial charge in [-0.1, -0.05) is 6.92 Å². The van der Waals surface area contributed by atoms with Crippen molar-refractivity contribution in [3.8, 4) is 5.75 Å². The number of carbonyl (C=O) groups excluding carboxylic acids is 1. The predicted molar refractivity (Wildman–Crippen MR) is 95.9 cm³/mol. The van der Waals surface area contributed by atoms with E-state index in [0.29, 0.717) is 23.7 Å². The van der Waals surface area contributed by atoms with Crippen LogP contribution in [0.2, 0.25) is 0 Å². The number of nitrogens with one attached hydrogen (secondary N) is 1. The highest BCUT2D eigenvalue weighted by Crippen LogP contribution is 2.40. The molecule has 1 aliphatic heterocycles. The lowest BCUT2D eigenvalue weighted by Crippen LogP contribution is -2.55. The highest BCUT2D eigenvalue weighted by molar-refractivity contribution is 5.86. The Morgan fingerprint density at radius 3 is 2.57 bits per heavy atom. The van der Waals surface area contributed by atoms with Crippen molar-refractivity contribution in [2.75, 3.05) is 6.54 Å². The van der Waals surface area contributed by atoms with Crippen molar-refractivity contribution in [3.05, 3.63) is 29.5 Å². The molecule has 1 aromatic carbocycles. The Hall–Kier alpha value is -2.42. The number of alkyl halides is 3. The van der Waals surface area contributed by atoms with E-state index in [1.54, 1.807) is 13.8 Å². The molecule has 9 heteroatoms. The summed E-state index contributed by atoms with van der Waals surface area (Å²) in [7, 11) is 0. The number of halogens is 3. The summed E-state index contributed by atoms with van der Waals surface area (Å²) in [4.78, 5) is 16.6. The van der Waals surface area contributed by atoms with Crippen LogP contribution in [-0.4, -0.2) is 45.3 Å². The molecule has 1 aliphatic rings. The fourth-order valence-corrected chi connectivity index (χ4v) is 3.63. The molecule has 0 bridgehead atoms. The summed E-state index contributed by atoms with van der Waals surface area (Å²) in [5.41, 5.74) is -0.353. The van der Waals surface area contributed by atoms with Gasteiger partial charge in [-0.2, -0.15) is 0 Å². The summed E-state index contributed by atoms with van der Waals surface area (Å²) in [6, 6.07) is 4.07. The van der Waals surface area contributed by atoms with Gasteiger partial charge in [-0.25, -0.2) is 4.79 Å². The van der Waals surface area contributed by atoms with Crippen molar-refractivity contribution in [1.82, 2.24) is 9.88 Å². The molecule has 2 aromatic rings. The van der Waals surface area contributed by atoms with Crippen molar-refractivity contribution in [2.45, 2.75) is 58.2 Å². The smallest absolute Gasteiger partial charge is 0.438 e. The summed E-state index contributed by atoms with van der Waals surface area (Å²) in [5, 5.41) is 11.4. The van der Waals surface area contributed by atoms with Crippen LogP contribution in [0, 0.1) is 6.92 Å². The number of aliphatic hydroxyl groups is 1. The van der Waals surface area contributed by atoms with Crippen LogP contribution in [0.4, 0.5) is 18.0 Å². The highest BCUT2D eigenvalue weighted by atomic mass is 19.4. The third-order valence-electron chi connectivity index (χ3n) is 5.65. The highest BCUT2D eigenvalue weighted by Gasteiger charge is 2.58. The first-order chi connectivity index (χ1) is 12.9. The van der Waals surface area contributed by atoms with Crippen LogP contribution in [0.3, 0.4) is 0 Å². The van der Waals surface area contributed by atoms with Crippen LogP contribution in [0.5, 0.6) is 5.75 Å². The van der Waals surface area contributed by atoms with Crippen LogP contribution in [0.15, 0.2) is 18.2 Å². The Kier molecular flexibility index (Phi) is 4.77. The van der Waals surface area contributed by atoms with Crippen LogP contribution >= 0.6 is 0 Å². The van der Waals surface area contributed by atoms with Crippen LogP contribution in [0.1, 0.15) is 38.4 Å². The Morgan fingerprint density at radius 1 is 1.32 bits per heavy atom. The topological polar surface area (TPSA) is 74.8 Å². The maximum atomic E-state index is 12.5. The Balaban J connectivity index is 1.87. The number of rotatable bonds is 5. The fraction of sp³-hybridized carbons (Fsp3) is 0.526. The molecule has 1 fully saturated rings. The molecule has 0 radical (unpaired) electrons. The molecule has 0 saturated carbocycles. The average Bonchev–Trinajstić information content (AvgIpc) is 2.96. The van der Waals surface area contributed by atoms with E-state index in [0.717, 1.165) is 11.3 Å². The van der Waals surface area contributed by atoms with Crippen molar-refractivity contribution in [2.24, 2.45) is 0 Å². The number of aromatic nitrogens is 1. The molecule has 6 nitrogen and oxygen atoms in total. The number of benzene rings is 1. The van der Waals surface area contributed by atoms with Crippen LogP contribution < -0.4 is 4.74 Å². The number of cyclic esters (lactones) is 1. The van der Waals surface area contributed by atoms with E-state index in [2.05, 4.69) is 9.72 Å². The number of nitrogens with zero attached hydrogens (tertiary/aromatic N) is 1. The lowest BCUT2D eigenvalue weighted by atomic mass is 9.90. The monoisotopic (exact) mass is 400 g/mol. The number of fused-ring (bicyclic) bond motifs is 1. The average molecular weight is 400 g/mol. The number of amides is 1. The van der Waals surface area contributed by atoms with Gasteiger partial charge in [-0.05, 0) is 57.4 Å². The van der Waals surface area contributed by atoms with Gasteiger partial charge in [0, 0.05) is 23.1 Å². The van der Waals surface area contributed by atoms with Gasteiger partial charge in [0.15, 0.2) is 11.3 Å². The van der Waals surface area contributed by atoms with Gasteiger partial charge in [-0.3, -0.25) is 4.90 Å². The number of aromatic amines is 1.